The summed E-state index contributed by atoms with van der Waals surface area (Å²) in [6.45, 7) is 11.9. The number of hydrogen-bond donors (Lipinski definition) is 0. The molecule has 4 heteroatoms. The van der Waals surface area contributed by atoms with Crippen molar-refractivity contribution < 1.29 is 4.79 Å². The number of pyridine rings is 1. The van der Waals surface area contributed by atoms with E-state index < -0.39 is 0 Å². The number of allylic oxidation sites excluding steroid dienone is 1. The zero-order valence-electron chi connectivity index (χ0n) is 15.1. The molecule has 0 unspecified atom stereocenters. The molecule has 2 heterocycles. The van der Waals surface area contributed by atoms with Crippen molar-refractivity contribution in [1.82, 2.24) is 9.88 Å². The van der Waals surface area contributed by atoms with Crippen LogP contribution in [0.4, 0.5) is 5.69 Å². The lowest BCUT2D eigenvalue weighted by Crippen LogP contribution is -2.58. The molecule has 3 rings (SSSR count). The minimum absolute atomic E-state index is 0.0830. The average Bonchev–Trinajstić information content (AvgIpc) is 2.61. The Morgan fingerprint density at radius 2 is 1.56 bits per heavy atom. The lowest BCUT2D eigenvalue weighted by Gasteiger charge is -2.45. The van der Waals surface area contributed by atoms with Gasteiger partial charge in [0.1, 0.15) is 0 Å². The first-order valence-corrected chi connectivity index (χ1v) is 8.71. The van der Waals surface area contributed by atoms with E-state index in [2.05, 4.69) is 54.6 Å². The minimum Gasteiger partial charge on any atom is -0.367 e. The summed E-state index contributed by atoms with van der Waals surface area (Å²) in [6, 6.07) is 12.4. The zero-order chi connectivity index (χ0) is 18.0. The Morgan fingerprint density at radius 1 is 1.00 bits per heavy atom. The van der Waals surface area contributed by atoms with Gasteiger partial charge in [-0.2, -0.15) is 0 Å². The van der Waals surface area contributed by atoms with Crippen molar-refractivity contribution in [2.24, 2.45) is 0 Å². The van der Waals surface area contributed by atoms with Crippen LogP contribution >= 0.6 is 0 Å². The molecule has 0 aliphatic carbocycles. The molecule has 25 heavy (non-hydrogen) atoms. The normalized spacial score (nSPS) is 20.4. The van der Waals surface area contributed by atoms with Crippen LogP contribution in [-0.2, 0) is 0 Å². The van der Waals surface area contributed by atoms with Crippen LogP contribution in [0.5, 0.6) is 0 Å². The Hall–Kier alpha value is -2.62. The van der Waals surface area contributed by atoms with Gasteiger partial charge in [0.25, 0.3) is 5.91 Å². The zero-order valence-corrected chi connectivity index (χ0v) is 15.1. The predicted octanol–water partition coefficient (Wildman–Crippen LogP) is 3.85. The molecule has 130 valence electrons. The molecule has 1 aromatic heterocycles. The van der Waals surface area contributed by atoms with Crippen molar-refractivity contribution in [3.05, 3.63) is 66.5 Å². The molecule has 1 amide bonds. The Morgan fingerprint density at radius 3 is 2.08 bits per heavy atom. The number of carbonyl (C=O) groups excluding carboxylic acids is 1. The predicted molar refractivity (Wildman–Crippen MR) is 103 cm³/mol. The maximum atomic E-state index is 12.9. The van der Waals surface area contributed by atoms with Crippen molar-refractivity contribution in [3.8, 4) is 0 Å². The van der Waals surface area contributed by atoms with E-state index in [-0.39, 0.29) is 18.0 Å². The Kier molecular flexibility index (Phi) is 4.88. The quantitative estimate of drug-likeness (QED) is 0.855. The molecule has 1 saturated heterocycles. The fourth-order valence-electron chi connectivity index (χ4n) is 3.53. The van der Waals surface area contributed by atoms with Gasteiger partial charge in [-0.15, -0.1) is 0 Å². The van der Waals surface area contributed by atoms with Crippen LogP contribution in [0.3, 0.4) is 0 Å². The molecule has 1 fully saturated rings. The van der Waals surface area contributed by atoms with Crippen molar-refractivity contribution in [1.29, 1.82) is 0 Å². The van der Waals surface area contributed by atoms with Crippen LogP contribution in [0.25, 0.3) is 5.57 Å². The Balaban J connectivity index is 1.75. The highest BCUT2D eigenvalue weighted by molar-refractivity contribution is 5.94. The van der Waals surface area contributed by atoms with E-state index in [0.717, 1.165) is 24.2 Å². The molecule has 1 aliphatic rings. The lowest BCUT2D eigenvalue weighted by molar-refractivity contribution is 0.0574. The minimum atomic E-state index is 0.0830. The largest absolute Gasteiger partial charge is 0.367 e. The summed E-state index contributed by atoms with van der Waals surface area (Å²) in [7, 11) is 0. The number of anilines is 1. The average molecular weight is 335 g/mol. The van der Waals surface area contributed by atoms with E-state index in [1.54, 1.807) is 24.5 Å². The topological polar surface area (TPSA) is 36.4 Å². The highest BCUT2D eigenvalue weighted by Gasteiger charge is 2.33. The van der Waals surface area contributed by atoms with Gasteiger partial charge in [-0.1, -0.05) is 24.3 Å². The number of piperazine rings is 1. The third-order valence-corrected chi connectivity index (χ3v) is 4.81. The van der Waals surface area contributed by atoms with Gasteiger partial charge in [-0.05, 0) is 50.6 Å². The maximum absolute atomic E-state index is 12.9. The first kappa shape index (κ1) is 17.2. The first-order valence-electron chi connectivity index (χ1n) is 8.71. The molecule has 0 radical (unpaired) electrons. The summed E-state index contributed by atoms with van der Waals surface area (Å²) in [4.78, 5) is 21.2. The number of amides is 1. The molecule has 2 atom stereocenters. The smallest absolute Gasteiger partial charge is 0.254 e. The number of aromatic nitrogens is 1. The van der Waals surface area contributed by atoms with Crippen molar-refractivity contribution >= 4 is 17.2 Å². The van der Waals surface area contributed by atoms with Crippen LogP contribution in [0.2, 0.25) is 0 Å². The summed E-state index contributed by atoms with van der Waals surface area (Å²) in [5, 5.41) is 0. The van der Waals surface area contributed by atoms with Crippen LogP contribution in [0, 0.1) is 0 Å². The Bertz CT molecular complexity index is 742. The standard InChI is InChI=1S/C21H25N3O/c1-15(2)18-5-7-20(8-6-18)23-13-16(3)24(17(4)14-23)21(25)19-9-11-22-12-10-19/h5-12,16-17H,1,13-14H2,2-4H3/t16-,17+. The monoisotopic (exact) mass is 335 g/mol. The molecule has 0 spiro atoms. The fourth-order valence-corrected chi connectivity index (χ4v) is 3.53. The molecular weight excluding hydrogens is 310 g/mol. The van der Waals surface area contributed by atoms with Crippen molar-refractivity contribution in [2.75, 3.05) is 18.0 Å². The van der Waals surface area contributed by atoms with E-state index in [4.69, 9.17) is 0 Å². The summed E-state index contributed by atoms with van der Waals surface area (Å²) in [5.74, 6) is 0.0830. The second kappa shape index (κ2) is 7.09. The molecular formula is C21H25N3O. The van der Waals surface area contributed by atoms with E-state index in [0.29, 0.717) is 5.56 Å². The fraction of sp³-hybridized carbons (Fsp3) is 0.333. The van der Waals surface area contributed by atoms with Crippen LogP contribution < -0.4 is 4.90 Å². The van der Waals surface area contributed by atoms with E-state index in [1.165, 1.54) is 5.69 Å². The van der Waals surface area contributed by atoms with E-state index in [1.807, 2.05) is 11.8 Å². The SMILES string of the molecule is C=C(C)c1ccc(N2C[C@@H](C)N(C(=O)c3ccncc3)[C@@H](C)C2)cc1. The molecule has 4 nitrogen and oxygen atoms in total. The van der Waals surface area contributed by atoms with Gasteiger partial charge in [0, 0.05) is 48.8 Å². The number of hydrogen-bond acceptors (Lipinski definition) is 3. The molecule has 2 aromatic rings. The van der Waals surface area contributed by atoms with Crippen molar-refractivity contribution in [2.45, 2.75) is 32.9 Å². The second-order valence-electron chi connectivity index (χ2n) is 6.88. The van der Waals surface area contributed by atoms with E-state index in [9.17, 15) is 4.79 Å². The second-order valence-corrected chi connectivity index (χ2v) is 6.88. The Labute approximate surface area is 149 Å². The van der Waals surface area contributed by atoms with Crippen LogP contribution in [0.15, 0.2) is 55.4 Å². The molecule has 0 saturated carbocycles. The van der Waals surface area contributed by atoms with Crippen LogP contribution in [-0.4, -0.2) is 41.0 Å². The third kappa shape index (κ3) is 3.58. The van der Waals surface area contributed by atoms with Crippen molar-refractivity contribution in [3.63, 3.8) is 0 Å². The van der Waals surface area contributed by atoms with Gasteiger partial charge in [0.15, 0.2) is 0 Å². The number of nitrogens with zero attached hydrogens (tertiary/aromatic N) is 3. The summed E-state index contributed by atoms with van der Waals surface area (Å²) in [5.41, 5.74) is 4.13. The van der Waals surface area contributed by atoms with Gasteiger partial charge in [-0.3, -0.25) is 9.78 Å². The lowest BCUT2D eigenvalue weighted by atomic mass is 10.0. The van der Waals surface area contributed by atoms with Gasteiger partial charge in [0.2, 0.25) is 0 Å². The van der Waals surface area contributed by atoms with Crippen LogP contribution in [0.1, 0.15) is 36.7 Å². The maximum Gasteiger partial charge on any atom is 0.254 e. The highest BCUT2D eigenvalue weighted by atomic mass is 16.2. The molecule has 0 N–H and O–H groups in total. The first-order chi connectivity index (χ1) is 12.0. The van der Waals surface area contributed by atoms with Gasteiger partial charge in [0.05, 0.1) is 0 Å². The molecule has 1 aliphatic heterocycles. The summed E-state index contributed by atoms with van der Waals surface area (Å²) in [6.07, 6.45) is 3.34. The number of carbonyl (C=O) groups is 1. The highest BCUT2D eigenvalue weighted by Crippen LogP contribution is 2.25. The van der Waals surface area contributed by atoms with E-state index >= 15 is 0 Å². The van der Waals surface area contributed by atoms with Gasteiger partial charge in [-0.25, -0.2) is 0 Å². The molecule has 0 bridgehead atoms. The molecule has 1 aromatic carbocycles. The number of benzene rings is 1. The van der Waals surface area contributed by atoms with Gasteiger partial charge >= 0.3 is 0 Å². The summed E-state index contributed by atoms with van der Waals surface area (Å²) < 4.78 is 0. The third-order valence-electron chi connectivity index (χ3n) is 4.81. The summed E-state index contributed by atoms with van der Waals surface area (Å²) >= 11 is 0. The number of rotatable bonds is 3. The van der Waals surface area contributed by atoms with Gasteiger partial charge < -0.3 is 9.80 Å².